The summed E-state index contributed by atoms with van der Waals surface area (Å²) in [6.07, 6.45) is 0. The lowest BCUT2D eigenvalue weighted by Crippen LogP contribution is -2.17. The van der Waals surface area contributed by atoms with Crippen LogP contribution in [0.15, 0.2) is 135 Å². The largest absolute Gasteiger partial charge is 0.331 e. The average Bonchev–Trinajstić information content (AvgIpc) is 3.13. The van der Waals surface area contributed by atoms with E-state index in [4.69, 9.17) is 4.84 Å². The number of oxime groups is 2. The van der Waals surface area contributed by atoms with Crippen LogP contribution in [0, 0.1) is 0 Å². The van der Waals surface area contributed by atoms with Crippen LogP contribution in [0.25, 0.3) is 10.8 Å². The van der Waals surface area contributed by atoms with Gasteiger partial charge in [-0.05, 0) is 79.9 Å². The first-order valence-electron chi connectivity index (χ1n) is 15.2. The third-order valence-electron chi connectivity index (χ3n) is 7.45. The number of hydrogen-bond acceptors (Lipinski definition) is 11. The molecule has 0 fully saturated rings. The summed E-state index contributed by atoms with van der Waals surface area (Å²) in [6, 6.07) is 31.8. The summed E-state index contributed by atoms with van der Waals surface area (Å²) in [5.74, 6) is -2.53. The molecule has 0 radical (unpaired) electrons. The summed E-state index contributed by atoms with van der Waals surface area (Å²) < 4.78 is 28.0. The molecule has 0 aliphatic carbocycles. The molecule has 0 bridgehead atoms. The van der Waals surface area contributed by atoms with Crippen molar-refractivity contribution in [2.45, 2.75) is 37.5 Å². The Balaban J connectivity index is 1.75. The second-order valence-corrected chi connectivity index (χ2v) is 13.0. The second-order valence-electron chi connectivity index (χ2n) is 11.1. The maximum Gasteiger partial charge on any atom is 0.331 e. The van der Waals surface area contributed by atoms with Crippen molar-refractivity contribution in [2.24, 2.45) is 10.3 Å². The molecule has 0 spiro atoms. The molecule has 11 nitrogen and oxygen atoms in total. The Kier molecular flexibility index (Phi) is 10.4. The Hall–Kier alpha value is -6.27. The fraction of sp³-hybridized carbons (Fsp3) is 0.105. The van der Waals surface area contributed by atoms with E-state index in [2.05, 4.69) is 15.1 Å². The monoisotopic (exact) mass is 689 g/mol. The topological polar surface area (TPSA) is 149 Å². The van der Waals surface area contributed by atoms with Crippen LogP contribution in [0.1, 0.15) is 48.4 Å². The number of hydrogen-bond donors (Lipinski definition) is 0. The predicted octanol–water partition coefficient (Wildman–Crippen LogP) is 7.39. The number of fused-ring (bicyclic) bond motifs is 1. The van der Waals surface area contributed by atoms with Crippen molar-refractivity contribution < 1.29 is 37.3 Å². The van der Waals surface area contributed by atoms with Crippen LogP contribution in [0.3, 0.4) is 0 Å². The lowest BCUT2D eigenvalue weighted by Gasteiger charge is -2.28. The van der Waals surface area contributed by atoms with E-state index in [1.165, 1.54) is 51.1 Å². The SMILES string of the molecule is CC(=O)O/N=C(\C)C(=O)c1ccc(N(c2cc(C(=O)/C(C)=N/OC(C)=O)cc(S(=O)(=O)c3ccccc3)c2)c2cccc3ccccc23)cc1. The van der Waals surface area contributed by atoms with Gasteiger partial charge in [-0.1, -0.05) is 64.9 Å². The molecule has 0 unspecified atom stereocenters. The molecule has 0 N–H and O–H groups in total. The van der Waals surface area contributed by atoms with E-state index in [9.17, 15) is 27.6 Å². The van der Waals surface area contributed by atoms with Crippen LogP contribution in [0.2, 0.25) is 0 Å². The van der Waals surface area contributed by atoms with Crippen molar-refractivity contribution in [3.8, 4) is 0 Å². The molecule has 50 heavy (non-hydrogen) atoms. The van der Waals surface area contributed by atoms with Gasteiger partial charge < -0.3 is 14.6 Å². The third kappa shape index (κ3) is 7.71. The molecule has 0 aromatic heterocycles. The summed E-state index contributed by atoms with van der Waals surface area (Å²) in [6.45, 7) is 5.09. The van der Waals surface area contributed by atoms with E-state index in [1.807, 2.05) is 42.5 Å². The minimum absolute atomic E-state index is 0.0196. The van der Waals surface area contributed by atoms with E-state index in [0.29, 0.717) is 17.1 Å². The van der Waals surface area contributed by atoms with Gasteiger partial charge in [0.2, 0.25) is 21.4 Å². The summed E-state index contributed by atoms with van der Waals surface area (Å²) in [5.41, 5.74) is 1.48. The van der Waals surface area contributed by atoms with Crippen LogP contribution in [-0.4, -0.2) is 43.3 Å². The maximum atomic E-state index is 14.0. The van der Waals surface area contributed by atoms with E-state index in [0.717, 1.165) is 17.7 Å². The highest BCUT2D eigenvalue weighted by atomic mass is 32.2. The van der Waals surface area contributed by atoms with E-state index < -0.39 is 33.3 Å². The van der Waals surface area contributed by atoms with Crippen molar-refractivity contribution in [2.75, 3.05) is 4.90 Å². The summed E-state index contributed by atoms with van der Waals surface area (Å²) in [5, 5.41) is 8.93. The van der Waals surface area contributed by atoms with Gasteiger partial charge in [0.25, 0.3) is 0 Å². The highest BCUT2D eigenvalue weighted by Gasteiger charge is 2.25. The molecule has 0 saturated heterocycles. The smallest absolute Gasteiger partial charge is 0.318 e. The minimum Gasteiger partial charge on any atom is -0.318 e. The average molecular weight is 690 g/mol. The van der Waals surface area contributed by atoms with Crippen LogP contribution in [-0.2, 0) is 29.1 Å². The van der Waals surface area contributed by atoms with E-state index in [1.54, 1.807) is 47.4 Å². The van der Waals surface area contributed by atoms with Gasteiger partial charge in [0.1, 0.15) is 11.4 Å². The maximum absolute atomic E-state index is 14.0. The Labute approximate surface area is 288 Å². The Bertz CT molecular complexity index is 2290. The number of anilines is 3. The molecule has 0 aliphatic heterocycles. The zero-order chi connectivity index (χ0) is 36.0. The molecule has 5 aromatic carbocycles. The van der Waals surface area contributed by atoms with Crippen molar-refractivity contribution in [3.63, 3.8) is 0 Å². The fourth-order valence-corrected chi connectivity index (χ4v) is 6.44. The number of rotatable bonds is 11. The van der Waals surface area contributed by atoms with Gasteiger partial charge in [-0.2, -0.15) is 0 Å². The standard InChI is InChI=1S/C38H31N3O8S/c1-24(39-48-26(3)42)37(44)29-17-19-31(20-18-29)41(36-16-10-12-28-11-8-9-15-35(28)36)32-21-30(38(45)25(2)40-49-27(4)43)22-34(23-32)50(46,47)33-13-6-5-7-14-33/h5-23H,1-4H3/b39-24+,40-25+. The summed E-state index contributed by atoms with van der Waals surface area (Å²) >= 11 is 0. The van der Waals surface area contributed by atoms with Crippen molar-refractivity contribution >= 4 is 72.6 Å². The van der Waals surface area contributed by atoms with E-state index >= 15 is 0 Å². The first-order chi connectivity index (χ1) is 23.9. The number of carbonyl (C=O) groups is 4. The van der Waals surface area contributed by atoms with Crippen molar-refractivity contribution in [1.29, 1.82) is 0 Å². The number of nitrogens with zero attached hydrogens (tertiary/aromatic N) is 3. The third-order valence-corrected chi connectivity index (χ3v) is 9.20. The zero-order valence-electron chi connectivity index (χ0n) is 27.5. The number of carbonyl (C=O) groups excluding carboxylic acids is 4. The Morgan fingerprint density at radius 2 is 1.12 bits per heavy atom. The van der Waals surface area contributed by atoms with Crippen LogP contribution in [0.4, 0.5) is 17.1 Å². The highest BCUT2D eigenvalue weighted by molar-refractivity contribution is 7.91. The number of sulfone groups is 1. The molecule has 5 aromatic rings. The fourth-order valence-electron chi connectivity index (χ4n) is 5.09. The van der Waals surface area contributed by atoms with E-state index in [-0.39, 0.29) is 32.3 Å². The Morgan fingerprint density at radius 3 is 1.74 bits per heavy atom. The molecule has 252 valence electrons. The molecular formula is C38H31N3O8S. The normalized spacial score (nSPS) is 11.9. The number of ketones is 2. The minimum atomic E-state index is -4.15. The van der Waals surface area contributed by atoms with Gasteiger partial charge in [-0.3, -0.25) is 9.59 Å². The van der Waals surface area contributed by atoms with Crippen LogP contribution >= 0.6 is 0 Å². The van der Waals surface area contributed by atoms with Crippen LogP contribution < -0.4 is 4.90 Å². The lowest BCUT2D eigenvalue weighted by atomic mass is 10.0. The Morgan fingerprint density at radius 1 is 0.560 bits per heavy atom. The molecule has 0 heterocycles. The summed E-state index contributed by atoms with van der Waals surface area (Å²) in [4.78, 5) is 60.3. The first-order valence-corrected chi connectivity index (χ1v) is 16.7. The molecule has 0 atom stereocenters. The van der Waals surface area contributed by atoms with Gasteiger partial charge in [-0.15, -0.1) is 0 Å². The van der Waals surface area contributed by atoms with Crippen LogP contribution in [0.5, 0.6) is 0 Å². The molecule has 0 aliphatic rings. The van der Waals surface area contributed by atoms with Gasteiger partial charge in [-0.25, -0.2) is 18.0 Å². The van der Waals surface area contributed by atoms with Gasteiger partial charge in [0.05, 0.1) is 15.5 Å². The van der Waals surface area contributed by atoms with Gasteiger partial charge in [0.15, 0.2) is 0 Å². The predicted molar refractivity (Wildman–Crippen MR) is 189 cm³/mol. The molecule has 0 amide bonds. The molecule has 12 heteroatoms. The van der Waals surface area contributed by atoms with Gasteiger partial charge in [0, 0.05) is 41.7 Å². The zero-order valence-corrected chi connectivity index (χ0v) is 28.3. The van der Waals surface area contributed by atoms with Crippen molar-refractivity contribution in [1.82, 2.24) is 0 Å². The van der Waals surface area contributed by atoms with Gasteiger partial charge >= 0.3 is 11.9 Å². The lowest BCUT2D eigenvalue weighted by molar-refractivity contribution is -0.141. The first kappa shape index (κ1) is 35.0. The molecule has 0 saturated carbocycles. The highest BCUT2D eigenvalue weighted by Crippen LogP contribution is 2.40. The second kappa shape index (κ2) is 14.9. The van der Waals surface area contributed by atoms with Crippen molar-refractivity contribution in [3.05, 3.63) is 126 Å². The quantitative estimate of drug-likeness (QED) is 0.0599. The number of benzene rings is 5. The number of Topliss-reactive ketones (excluding diaryl/α,β-unsaturated/α-hetero) is 2. The summed E-state index contributed by atoms with van der Waals surface area (Å²) in [7, 11) is -4.15. The molecular weight excluding hydrogens is 658 g/mol. The molecule has 5 rings (SSSR count).